The predicted molar refractivity (Wildman–Crippen MR) is 83.5 cm³/mol. The van der Waals surface area contributed by atoms with Gasteiger partial charge >= 0.3 is 0 Å². The van der Waals surface area contributed by atoms with Crippen LogP contribution in [-0.4, -0.2) is 16.9 Å². The summed E-state index contributed by atoms with van der Waals surface area (Å²) in [7, 11) is 0. The second-order valence-corrected chi connectivity index (χ2v) is 6.61. The first-order chi connectivity index (χ1) is 10.3. The zero-order chi connectivity index (χ0) is 14.2. The average Bonchev–Trinajstić information content (AvgIpc) is 3.27. The highest BCUT2D eigenvalue weighted by molar-refractivity contribution is 7.13. The van der Waals surface area contributed by atoms with Crippen molar-refractivity contribution < 1.29 is 4.79 Å². The molecule has 21 heavy (non-hydrogen) atoms. The van der Waals surface area contributed by atoms with Crippen LogP contribution in [0.15, 0.2) is 29.6 Å². The monoisotopic (exact) mass is 299 g/mol. The number of nitrogens with zero attached hydrogens (tertiary/aromatic N) is 1. The van der Waals surface area contributed by atoms with Gasteiger partial charge in [-0.05, 0) is 30.4 Å². The van der Waals surface area contributed by atoms with Crippen LogP contribution in [-0.2, 0) is 17.8 Å². The maximum atomic E-state index is 12.4. The van der Waals surface area contributed by atoms with Crippen LogP contribution < -0.4 is 10.6 Å². The molecule has 2 aliphatic rings. The molecule has 0 bridgehead atoms. The molecule has 1 aromatic heterocycles. The number of carbonyl (C=O) groups excluding carboxylic acids is 1. The van der Waals surface area contributed by atoms with Crippen molar-refractivity contribution in [3.8, 4) is 0 Å². The number of hydrogen-bond acceptors (Lipinski definition) is 4. The molecule has 1 atom stereocenters. The fourth-order valence-corrected chi connectivity index (χ4v) is 3.54. The summed E-state index contributed by atoms with van der Waals surface area (Å²) in [6, 6.07) is 8.11. The molecule has 0 radical (unpaired) electrons. The maximum absolute atomic E-state index is 12.4. The van der Waals surface area contributed by atoms with Gasteiger partial charge in [0.2, 0.25) is 5.91 Å². The SMILES string of the molecule is O=C(Nc1nc(C2CC2)cs1)C1Cc2ccccc2CN1. The number of amides is 1. The standard InChI is InChI=1S/C16H17N3OS/c20-15(19-16-18-14(9-21-16)10-5-6-10)13-7-11-3-1-2-4-12(11)8-17-13/h1-4,9-10,13,17H,5-8H2,(H,18,19,20). The summed E-state index contributed by atoms with van der Waals surface area (Å²) in [5.41, 5.74) is 3.68. The van der Waals surface area contributed by atoms with E-state index in [9.17, 15) is 4.79 Å². The van der Waals surface area contributed by atoms with Crippen molar-refractivity contribution in [2.75, 3.05) is 5.32 Å². The second-order valence-electron chi connectivity index (χ2n) is 5.75. The number of fused-ring (bicyclic) bond motifs is 1. The number of aromatic nitrogens is 1. The van der Waals surface area contributed by atoms with Gasteiger partial charge in [0, 0.05) is 17.8 Å². The van der Waals surface area contributed by atoms with Gasteiger partial charge in [0.15, 0.2) is 5.13 Å². The number of benzene rings is 1. The molecule has 0 spiro atoms. The van der Waals surface area contributed by atoms with Crippen LogP contribution in [0, 0.1) is 0 Å². The summed E-state index contributed by atoms with van der Waals surface area (Å²) >= 11 is 1.52. The molecular formula is C16H17N3OS. The van der Waals surface area contributed by atoms with E-state index in [-0.39, 0.29) is 11.9 Å². The summed E-state index contributed by atoms with van der Waals surface area (Å²) in [5, 5.41) is 9.04. The zero-order valence-corrected chi connectivity index (χ0v) is 12.5. The van der Waals surface area contributed by atoms with Crippen LogP contribution in [0.2, 0.25) is 0 Å². The number of anilines is 1. The van der Waals surface area contributed by atoms with E-state index >= 15 is 0 Å². The molecule has 4 rings (SSSR count). The Labute approximate surface area is 127 Å². The van der Waals surface area contributed by atoms with Crippen molar-refractivity contribution in [1.29, 1.82) is 0 Å². The molecule has 2 aromatic rings. The van der Waals surface area contributed by atoms with Gasteiger partial charge in [0.1, 0.15) is 0 Å². The van der Waals surface area contributed by atoms with Crippen molar-refractivity contribution >= 4 is 22.4 Å². The fraction of sp³-hybridized carbons (Fsp3) is 0.375. The van der Waals surface area contributed by atoms with Crippen molar-refractivity contribution in [2.45, 2.75) is 37.8 Å². The van der Waals surface area contributed by atoms with E-state index in [0.29, 0.717) is 5.92 Å². The van der Waals surface area contributed by atoms with Crippen LogP contribution in [0.1, 0.15) is 35.6 Å². The van der Waals surface area contributed by atoms with Gasteiger partial charge in [-0.2, -0.15) is 0 Å². The molecule has 2 heterocycles. The normalized spacial score (nSPS) is 20.9. The topological polar surface area (TPSA) is 54.0 Å². The van der Waals surface area contributed by atoms with Crippen LogP contribution in [0.4, 0.5) is 5.13 Å². The number of carbonyl (C=O) groups is 1. The number of hydrogen-bond donors (Lipinski definition) is 2. The van der Waals surface area contributed by atoms with E-state index in [2.05, 4.69) is 33.1 Å². The third kappa shape index (κ3) is 2.71. The van der Waals surface area contributed by atoms with E-state index in [1.165, 1.54) is 35.3 Å². The largest absolute Gasteiger partial charge is 0.301 e. The second kappa shape index (κ2) is 5.24. The number of thiazole rings is 1. The fourth-order valence-electron chi connectivity index (χ4n) is 2.74. The summed E-state index contributed by atoms with van der Waals surface area (Å²) in [5.74, 6) is 0.646. The van der Waals surface area contributed by atoms with E-state index in [0.717, 1.165) is 23.8 Å². The van der Waals surface area contributed by atoms with Gasteiger partial charge in [-0.3, -0.25) is 4.79 Å². The highest BCUT2D eigenvalue weighted by Gasteiger charge is 2.27. The minimum atomic E-state index is -0.173. The molecule has 1 aliphatic heterocycles. The Kier molecular flexibility index (Phi) is 3.24. The van der Waals surface area contributed by atoms with Gasteiger partial charge in [0.05, 0.1) is 11.7 Å². The lowest BCUT2D eigenvalue weighted by molar-refractivity contribution is -0.118. The third-order valence-electron chi connectivity index (χ3n) is 4.15. The molecule has 5 heteroatoms. The Morgan fingerprint density at radius 2 is 2.10 bits per heavy atom. The highest BCUT2D eigenvalue weighted by atomic mass is 32.1. The molecule has 1 aliphatic carbocycles. The molecule has 1 fully saturated rings. The molecule has 1 amide bonds. The van der Waals surface area contributed by atoms with Crippen molar-refractivity contribution in [3.05, 3.63) is 46.5 Å². The maximum Gasteiger partial charge on any atom is 0.243 e. The molecule has 2 N–H and O–H groups in total. The van der Waals surface area contributed by atoms with Gasteiger partial charge in [-0.1, -0.05) is 24.3 Å². The molecule has 1 aromatic carbocycles. The summed E-state index contributed by atoms with van der Waals surface area (Å²) < 4.78 is 0. The first-order valence-corrected chi connectivity index (χ1v) is 8.24. The lowest BCUT2D eigenvalue weighted by Gasteiger charge is -2.24. The van der Waals surface area contributed by atoms with E-state index in [1.54, 1.807) is 0 Å². The highest BCUT2D eigenvalue weighted by Crippen LogP contribution is 2.40. The number of nitrogens with one attached hydrogen (secondary N) is 2. The van der Waals surface area contributed by atoms with E-state index < -0.39 is 0 Å². The van der Waals surface area contributed by atoms with Gasteiger partial charge in [-0.15, -0.1) is 11.3 Å². The Morgan fingerprint density at radius 1 is 1.29 bits per heavy atom. The Morgan fingerprint density at radius 3 is 2.90 bits per heavy atom. The van der Waals surface area contributed by atoms with Crippen LogP contribution in [0.5, 0.6) is 0 Å². The van der Waals surface area contributed by atoms with E-state index in [4.69, 9.17) is 0 Å². The summed E-state index contributed by atoms with van der Waals surface area (Å²) in [6.45, 7) is 0.749. The van der Waals surface area contributed by atoms with Crippen molar-refractivity contribution in [3.63, 3.8) is 0 Å². The van der Waals surface area contributed by atoms with Crippen LogP contribution in [0.3, 0.4) is 0 Å². The minimum Gasteiger partial charge on any atom is -0.301 e. The Hall–Kier alpha value is -1.72. The Bertz CT molecular complexity index is 678. The zero-order valence-electron chi connectivity index (χ0n) is 11.6. The molecule has 1 unspecified atom stereocenters. The molecule has 1 saturated carbocycles. The van der Waals surface area contributed by atoms with Crippen LogP contribution >= 0.6 is 11.3 Å². The average molecular weight is 299 g/mol. The quantitative estimate of drug-likeness (QED) is 0.916. The smallest absolute Gasteiger partial charge is 0.243 e. The van der Waals surface area contributed by atoms with Gasteiger partial charge in [-0.25, -0.2) is 4.98 Å². The summed E-state index contributed by atoms with van der Waals surface area (Å²) in [6.07, 6.45) is 3.21. The molecular weight excluding hydrogens is 282 g/mol. The first kappa shape index (κ1) is 13.0. The molecule has 0 saturated heterocycles. The van der Waals surface area contributed by atoms with Crippen LogP contribution in [0.25, 0.3) is 0 Å². The minimum absolute atomic E-state index is 0.0150. The lowest BCUT2D eigenvalue weighted by Crippen LogP contribution is -2.44. The first-order valence-electron chi connectivity index (χ1n) is 7.36. The van der Waals surface area contributed by atoms with Gasteiger partial charge < -0.3 is 10.6 Å². The number of rotatable bonds is 3. The van der Waals surface area contributed by atoms with Crippen molar-refractivity contribution in [1.82, 2.24) is 10.3 Å². The molecule has 108 valence electrons. The Balaban J connectivity index is 1.43. The van der Waals surface area contributed by atoms with Gasteiger partial charge in [0.25, 0.3) is 0 Å². The summed E-state index contributed by atoms with van der Waals surface area (Å²) in [4.78, 5) is 16.9. The predicted octanol–water partition coefficient (Wildman–Crippen LogP) is 2.67. The third-order valence-corrected chi connectivity index (χ3v) is 4.92. The van der Waals surface area contributed by atoms with Crippen molar-refractivity contribution in [2.24, 2.45) is 0 Å². The molecule has 4 nitrogen and oxygen atoms in total. The lowest BCUT2D eigenvalue weighted by atomic mass is 9.95. The van der Waals surface area contributed by atoms with E-state index in [1.807, 2.05) is 12.1 Å².